The highest BCUT2D eigenvalue weighted by Gasteiger charge is 2.11. The molecular formula is C8H7F5N2. The number of nitrogens with one attached hydrogen (secondary N) is 1. The van der Waals surface area contributed by atoms with Crippen molar-refractivity contribution in [2.45, 2.75) is 12.8 Å². The van der Waals surface area contributed by atoms with Crippen molar-refractivity contribution in [1.29, 1.82) is 0 Å². The van der Waals surface area contributed by atoms with Crippen molar-refractivity contribution in [1.82, 2.24) is 4.98 Å². The summed E-state index contributed by atoms with van der Waals surface area (Å²) in [6, 6.07) is 0.299. The van der Waals surface area contributed by atoms with Crippen molar-refractivity contribution in [3.8, 4) is 0 Å². The summed E-state index contributed by atoms with van der Waals surface area (Å²) in [4.78, 5) is 2.90. The van der Waals surface area contributed by atoms with E-state index in [2.05, 4.69) is 10.3 Å². The van der Waals surface area contributed by atoms with Gasteiger partial charge < -0.3 is 5.32 Å². The second-order valence-electron chi connectivity index (χ2n) is 2.70. The van der Waals surface area contributed by atoms with E-state index in [0.717, 1.165) is 0 Å². The standard InChI is InChI=1S/C8H7F5N2/c9-4-3-5(10)8(15-7(4)13)14-2-1-6(11)12/h3,6H,1-2H2,(H,14,15). The van der Waals surface area contributed by atoms with Gasteiger partial charge in [0.15, 0.2) is 17.5 Å². The van der Waals surface area contributed by atoms with E-state index in [1.54, 1.807) is 0 Å². The van der Waals surface area contributed by atoms with Crippen molar-refractivity contribution in [2.75, 3.05) is 11.9 Å². The molecule has 0 unspecified atom stereocenters. The van der Waals surface area contributed by atoms with E-state index in [1.807, 2.05) is 0 Å². The fraction of sp³-hybridized carbons (Fsp3) is 0.375. The molecule has 0 spiro atoms. The Labute approximate surface area is 82.1 Å². The maximum absolute atomic E-state index is 12.8. The van der Waals surface area contributed by atoms with Crippen molar-refractivity contribution < 1.29 is 22.0 Å². The van der Waals surface area contributed by atoms with Gasteiger partial charge in [0.1, 0.15) is 0 Å². The number of rotatable bonds is 4. The molecule has 1 heterocycles. The minimum absolute atomic E-state index is 0.271. The third-order valence-electron chi connectivity index (χ3n) is 1.54. The Morgan fingerprint density at radius 1 is 1.20 bits per heavy atom. The lowest BCUT2D eigenvalue weighted by Crippen LogP contribution is -2.10. The molecule has 0 aromatic carbocycles. The molecule has 1 N–H and O–H groups in total. The van der Waals surface area contributed by atoms with E-state index in [4.69, 9.17) is 0 Å². The minimum atomic E-state index is -2.55. The number of aromatic nitrogens is 1. The van der Waals surface area contributed by atoms with Gasteiger partial charge in [-0.05, 0) is 0 Å². The van der Waals surface area contributed by atoms with Crippen LogP contribution in [0.25, 0.3) is 0 Å². The molecule has 1 rings (SSSR count). The lowest BCUT2D eigenvalue weighted by atomic mass is 10.4. The van der Waals surface area contributed by atoms with Crippen LogP contribution in [0.4, 0.5) is 27.8 Å². The Kier molecular flexibility index (Phi) is 3.81. The van der Waals surface area contributed by atoms with Crippen LogP contribution in [-0.2, 0) is 0 Å². The fourth-order valence-corrected chi connectivity index (χ4v) is 0.868. The van der Waals surface area contributed by atoms with Crippen molar-refractivity contribution in [3.05, 3.63) is 23.6 Å². The van der Waals surface area contributed by atoms with Crippen LogP contribution in [0.3, 0.4) is 0 Å². The third-order valence-corrected chi connectivity index (χ3v) is 1.54. The van der Waals surface area contributed by atoms with Crippen LogP contribution in [0, 0.1) is 17.6 Å². The Balaban J connectivity index is 2.65. The molecule has 7 heteroatoms. The van der Waals surface area contributed by atoms with Crippen LogP contribution in [0.5, 0.6) is 0 Å². The number of hydrogen-bond donors (Lipinski definition) is 1. The molecular weight excluding hydrogens is 219 g/mol. The number of halogens is 5. The Morgan fingerprint density at radius 3 is 2.47 bits per heavy atom. The van der Waals surface area contributed by atoms with Crippen molar-refractivity contribution in [2.24, 2.45) is 0 Å². The summed E-state index contributed by atoms with van der Waals surface area (Å²) in [6.07, 6.45) is -3.08. The Bertz CT molecular complexity index is 342. The summed E-state index contributed by atoms with van der Waals surface area (Å²) in [7, 11) is 0. The van der Waals surface area contributed by atoms with Crippen molar-refractivity contribution >= 4 is 5.82 Å². The van der Waals surface area contributed by atoms with Crippen LogP contribution >= 0.6 is 0 Å². The van der Waals surface area contributed by atoms with Gasteiger partial charge in [-0.25, -0.2) is 17.6 Å². The minimum Gasteiger partial charge on any atom is -0.367 e. The first-order valence-corrected chi connectivity index (χ1v) is 4.04. The average Bonchev–Trinajstić information content (AvgIpc) is 2.13. The van der Waals surface area contributed by atoms with Gasteiger partial charge in [0, 0.05) is 19.0 Å². The molecule has 0 atom stereocenters. The molecule has 0 saturated carbocycles. The Hall–Kier alpha value is -1.40. The number of anilines is 1. The van der Waals surface area contributed by atoms with Crippen LogP contribution in [0.1, 0.15) is 6.42 Å². The monoisotopic (exact) mass is 226 g/mol. The summed E-state index contributed by atoms with van der Waals surface area (Å²) < 4.78 is 61.1. The first kappa shape index (κ1) is 11.7. The van der Waals surface area contributed by atoms with Gasteiger partial charge in [0.05, 0.1) is 0 Å². The highest BCUT2D eigenvalue weighted by Crippen LogP contribution is 2.14. The predicted molar refractivity (Wildman–Crippen MR) is 43.2 cm³/mol. The Morgan fingerprint density at radius 2 is 1.87 bits per heavy atom. The zero-order valence-electron chi connectivity index (χ0n) is 7.41. The van der Waals surface area contributed by atoms with Gasteiger partial charge in [0.2, 0.25) is 6.43 Å². The zero-order valence-corrected chi connectivity index (χ0v) is 7.41. The molecule has 0 aliphatic rings. The van der Waals surface area contributed by atoms with Crippen molar-refractivity contribution in [3.63, 3.8) is 0 Å². The summed E-state index contributed by atoms with van der Waals surface area (Å²) in [5, 5.41) is 2.14. The smallest absolute Gasteiger partial charge is 0.251 e. The topological polar surface area (TPSA) is 24.9 Å². The van der Waals surface area contributed by atoms with Gasteiger partial charge in [-0.1, -0.05) is 0 Å². The van der Waals surface area contributed by atoms with Gasteiger partial charge in [-0.3, -0.25) is 0 Å². The predicted octanol–water partition coefficient (Wildman–Crippen LogP) is 2.57. The number of hydrogen-bond acceptors (Lipinski definition) is 2. The van der Waals surface area contributed by atoms with Crippen LogP contribution < -0.4 is 5.32 Å². The second kappa shape index (κ2) is 4.90. The molecule has 15 heavy (non-hydrogen) atoms. The van der Waals surface area contributed by atoms with E-state index in [1.165, 1.54) is 0 Å². The van der Waals surface area contributed by atoms with Crippen LogP contribution in [-0.4, -0.2) is 18.0 Å². The van der Waals surface area contributed by atoms with Gasteiger partial charge in [0.25, 0.3) is 5.95 Å². The maximum atomic E-state index is 12.8. The first-order valence-electron chi connectivity index (χ1n) is 4.04. The molecule has 0 fully saturated rings. The van der Waals surface area contributed by atoms with E-state index in [-0.39, 0.29) is 6.54 Å². The fourth-order valence-electron chi connectivity index (χ4n) is 0.868. The number of alkyl halides is 2. The lowest BCUT2D eigenvalue weighted by Gasteiger charge is -2.06. The maximum Gasteiger partial charge on any atom is 0.251 e. The molecule has 0 aliphatic heterocycles. The molecule has 0 aliphatic carbocycles. The zero-order chi connectivity index (χ0) is 11.4. The first-order chi connectivity index (χ1) is 7.00. The average molecular weight is 226 g/mol. The largest absolute Gasteiger partial charge is 0.367 e. The lowest BCUT2D eigenvalue weighted by molar-refractivity contribution is 0.142. The number of nitrogens with zero attached hydrogens (tertiary/aromatic N) is 1. The molecule has 0 bridgehead atoms. The van der Waals surface area contributed by atoms with E-state index < -0.39 is 36.2 Å². The third kappa shape index (κ3) is 3.34. The normalized spacial score (nSPS) is 10.8. The van der Waals surface area contributed by atoms with Gasteiger partial charge in [-0.15, -0.1) is 0 Å². The summed E-state index contributed by atoms with van der Waals surface area (Å²) in [6.45, 7) is -0.271. The molecule has 1 aromatic heterocycles. The molecule has 2 nitrogen and oxygen atoms in total. The second-order valence-corrected chi connectivity index (χ2v) is 2.70. The van der Waals surface area contributed by atoms with Gasteiger partial charge in [-0.2, -0.15) is 9.37 Å². The molecule has 0 amide bonds. The molecule has 1 aromatic rings. The van der Waals surface area contributed by atoms with E-state index in [9.17, 15) is 22.0 Å². The highest BCUT2D eigenvalue weighted by atomic mass is 19.3. The van der Waals surface area contributed by atoms with E-state index >= 15 is 0 Å². The molecule has 0 radical (unpaired) electrons. The van der Waals surface area contributed by atoms with E-state index in [0.29, 0.717) is 6.07 Å². The summed E-state index contributed by atoms with van der Waals surface area (Å²) >= 11 is 0. The summed E-state index contributed by atoms with van der Waals surface area (Å²) in [5.41, 5.74) is 0. The summed E-state index contributed by atoms with van der Waals surface area (Å²) in [5.74, 6) is -4.60. The SMILES string of the molecule is Fc1cc(F)c(NCCC(F)F)nc1F. The highest BCUT2D eigenvalue weighted by molar-refractivity contribution is 5.35. The number of pyridine rings is 1. The molecule has 0 saturated heterocycles. The quantitative estimate of drug-likeness (QED) is 0.630. The van der Waals surface area contributed by atoms with Gasteiger partial charge >= 0.3 is 0 Å². The van der Waals surface area contributed by atoms with Crippen LogP contribution in [0.15, 0.2) is 6.07 Å². The molecule has 84 valence electrons. The van der Waals surface area contributed by atoms with Crippen LogP contribution in [0.2, 0.25) is 0 Å².